The van der Waals surface area contributed by atoms with Crippen LogP contribution in [0.4, 0.5) is 0 Å². The number of hydrogen-bond acceptors (Lipinski definition) is 2. The van der Waals surface area contributed by atoms with Gasteiger partial charge in [0.25, 0.3) is 0 Å². The molecule has 0 heterocycles. The summed E-state index contributed by atoms with van der Waals surface area (Å²) in [5.74, 6) is 0.329. The van der Waals surface area contributed by atoms with E-state index < -0.39 is 0 Å². The molecule has 0 bridgehead atoms. The lowest BCUT2D eigenvalue weighted by atomic mass is 9.81. The van der Waals surface area contributed by atoms with Crippen molar-refractivity contribution < 1.29 is 9.90 Å². The van der Waals surface area contributed by atoms with E-state index in [2.05, 4.69) is 0 Å². The van der Waals surface area contributed by atoms with Crippen molar-refractivity contribution in [2.45, 2.75) is 33.6 Å². The van der Waals surface area contributed by atoms with Gasteiger partial charge >= 0.3 is 0 Å². The standard InChI is InChI=1S/C10H16O2/c1-6(2)8-5-4-7(3)9(11)10(8)12/h6,8,11H,4-5H2,1-3H3/t8-/m1/s1. The lowest BCUT2D eigenvalue weighted by Crippen LogP contribution is -2.26. The Balaban J connectivity index is 2.84. The Kier molecular flexibility index (Phi) is 2.55. The van der Waals surface area contributed by atoms with Gasteiger partial charge in [0, 0.05) is 5.92 Å². The topological polar surface area (TPSA) is 37.3 Å². The zero-order valence-electron chi connectivity index (χ0n) is 7.92. The maximum atomic E-state index is 11.5. The second-order valence-corrected chi connectivity index (χ2v) is 3.88. The van der Waals surface area contributed by atoms with Crippen molar-refractivity contribution in [2.75, 3.05) is 0 Å². The Hall–Kier alpha value is -0.790. The Morgan fingerprint density at radius 3 is 2.58 bits per heavy atom. The van der Waals surface area contributed by atoms with Gasteiger partial charge in [-0.3, -0.25) is 4.79 Å². The Morgan fingerprint density at radius 1 is 1.50 bits per heavy atom. The lowest BCUT2D eigenvalue weighted by molar-refractivity contribution is -0.123. The molecule has 0 saturated carbocycles. The van der Waals surface area contributed by atoms with Crippen LogP contribution in [0.3, 0.4) is 0 Å². The molecule has 68 valence electrons. The molecule has 0 unspecified atom stereocenters. The average Bonchev–Trinajstić information content (AvgIpc) is 2.00. The minimum Gasteiger partial charge on any atom is -0.504 e. The first-order chi connectivity index (χ1) is 5.54. The molecular formula is C10H16O2. The highest BCUT2D eigenvalue weighted by Gasteiger charge is 2.29. The van der Waals surface area contributed by atoms with Crippen LogP contribution < -0.4 is 0 Å². The molecule has 1 atom stereocenters. The van der Waals surface area contributed by atoms with Gasteiger partial charge < -0.3 is 5.11 Å². The van der Waals surface area contributed by atoms with Crippen molar-refractivity contribution in [2.24, 2.45) is 11.8 Å². The molecule has 12 heavy (non-hydrogen) atoms. The number of allylic oxidation sites excluding steroid dienone is 2. The van der Waals surface area contributed by atoms with Gasteiger partial charge in [0.2, 0.25) is 0 Å². The number of rotatable bonds is 1. The number of carbonyl (C=O) groups excluding carboxylic acids is 1. The zero-order chi connectivity index (χ0) is 9.30. The number of aliphatic hydroxyl groups excluding tert-OH is 1. The number of hydrogen-bond donors (Lipinski definition) is 1. The Labute approximate surface area is 73.3 Å². The minimum atomic E-state index is -0.0613. The van der Waals surface area contributed by atoms with Gasteiger partial charge in [0.05, 0.1) is 0 Å². The molecule has 0 aromatic rings. The first-order valence-corrected chi connectivity index (χ1v) is 4.47. The van der Waals surface area contributed by atoms with E-state index in [-0.39, 0.29) is 17.5 Å². The lowest BCUT2D eigenvalue weighted by Gasteiger charge is -2.24. The zero-order valence-corrected chi connectivity index (χ0v) is 7.92. The minimum absolute atomic E-state index is 0.0138. The van der Waals surface area contributed by atoms with E-state index in [1.54, 1.807) is 0 Å². The second kappa shape index (κ2) is 3.30. The van der Waals surface area contributed by atoms with E-state index in [0.29, 0.717) is 5.92 Å². The van der Waals surface area contributed by atoms with Gasteiger partial charge in [-0.15, -0.1) is 0 Å². The molecule has 1 aliphatic rings. The molecule has 0 spiro atoms. The van der Waals surface area contributed by atoms with Crippen LogP contribution >= 0.6 is 0 Å². The number of aliphatic hydroxyl groups is 1. The Bertz CT molecular complexity index is 226. The molecule has 2 heteroatoms. The average molecular weight is 168 g/mol. The van der Waals surface area contributed by atoms with Crippen LogP contribution in [0.1, 0.15) is 33.6 Å². The fourth-order valence-corrected chi connectivity index (χ4v) is 1.64. The van der Waals surface area contributed by atoms with E-state index in [9.17, 15) is 9.90 Å². The molecule has 0 aliphatic heterocycles. The van der Waals surface area contributed by atoms with Gasteiger partial charge in [-0.1, -0.05) is 13.8 Å². The molecule has 0 amide bonds. The molecule has 1 rings (SSSR count). The van der Waals surface area contributed by atoms with Crippen LogP contribution in [0, 0.1) is 11.8 Å². The van der Waals surface area contributed by atoms with Crippen LogP contribution in [0.25, 0.3) is 0 Å². The molecule has 1 N–H and O–H groups in total. The summed E-state index contributed by atoms with van der Waals surface area (Å²) in [7, 11) is 0. The summed E-state index contributed by atoms with van der Waals surface area (Å²) in [5, 5.41) is 9.40. The third-order valence-corrected chi connectivity index (χ3v) is 2.61. The van der Waals surface area contributed by atoms with Crippen molar-refractivity contribution in [1.82, 2.24) is 0 Å². The van der Waals surface area contributed by atoms with E-state index in [4.69, 9.17) is 0 Å². The number of carbonyl (C=O) groups is 1. The highest BCUT2D eigenvalue weighted by Crippen LogP contribution is 2.29. The van der Waals surface area contributed by atoms with E-state index in [1.807, 2.05) is 20.8 Å². The number of Topliss-reactive ketones (excluding diaryl/α,β-unsaturated/α-hetero) is 1. The maximum absolute atomic E-state index is 11.5. The molecule has 2 nitrogen and oxygen atoms in total. The number of ketones is 1. The maximum Gasteiger partial charge on any atom is 0.200 e. The van der Waals surface area contributed by atoms with E-state index >= 15 is 0 Å². The first kappa shape index (κ1) is 9.30. The normalized spacial score (nSPS) is 25.3. The molecule has 0 aromatic heterocycles. The first-order valence-electron chi connectivity index (χ1n) is 4.47. The smallest absolute Gasteiger partial charge is 0.200 e. The fraction of sp³-hybridized carbons (Fsp3) is 0.700. The summed E-state index contributed by atoms with van der Waals surface area (Å²) in [5.41, 5.74) is 0.844. The molecule has 0 radical (unpaired) electrons. The monoisotopic (exact) mass is 168 g/mol. The highest BCUT2D eigenvalue weighted by molar-refractivity contribution is 5.96. The SMILES string of the molecule is CC1=C(O)C(=O)[C@@H](C(C)C)CC1. The van der Waals surface area contributed by atoms with Gasteiger partial charge in [-0.25, -0.2) is 0 Å². The van der Waals surface area contributed by atoms with Crippen LogP contribution in [0.2, 0.25) is 0 Å². The molecule has 0 aromatic carbocycles. The molecule has 0 fully saturated rings. The van der Waals surface area contributed by atoms with Gasteiger partial charge in [0.15, 0.2) is 11.5 Å². The van der Waals surface area contributed by atoms with Crippen molar-refractivity contribution >= 4 is 5.78 Å². The largest absolute Gasteiger partial charge is 0.504 e. The summed E-state index contributed by atoms with van der Waals surface area (Å²) in [6.07, 6.45) is 1.76. The predicted molar refractivity (Wildman–Crippen MR) is 47.9 cm³/mol. The summed E-state index contributed by atoms with van der Waals surface area (Å²) in [4.78, 5) is 11.5. The molecular weight excluding hydrogens is 152 g/mol. The van der Waals surface area contributed by atoms with Gasteiger partial charge in [0.1, 0.15) is 0 Å². The fourth-order valence-electron chi connectivity index (χ4n) is 1.64. The van der Waals surface area contributed by atoms with Crippen LogP contribution in [0.5, 0.6) is 0 Å². The van der Waals surface area contributed by atoms with Gasteiger partial charge in [-0.05, 0) is 31.3 Å². The highest BCUT2D eigenvalue weighted by atomic mass is 16.3. The predicted octanol–water partition coefficient (Wildman–Crippen LogP) is 2.45. The summed E-state index contributed by atoms with van der Waals surface area (Å²) < 4.78 is 0. The van der Waals surface area contributed by atoms with E-state index in [0.717, 1.165) is 18.4 Å². The van der Waals surface area contributed by atoms with Crippen molar-refractivity contribution in [1.29, 1.82) is 0 Å². The van der Waals surface area contributed by atoms with Crippen molar-refractivity contribution in [3.05, 3.63) is 11.3 Å². The second-order valence-electron chi connectivity index (χ2n) is 3.88. The summed E-state index contributed by atoms with van der Waals surface area (Å²) >= 11 is 0. The Morgan fingerprint density at radius 2 is 2.08 bits per heavy atom. The summed E-state index contributed by atoms with van der Waals surface area (Å²) in [6.45, 7) is 5.87. The third kappa shape index (κ3) is 1.52. The van der Waals surface area contributed by atoms with Crippen LogP contribution in [0.15, 0.2) is 11.3 Å². The summed E-state index contributed by atoms with van der Waals surface area (Å²) in [6, 6.07) is 0. The third-order valence-electron chi connectivity index (χ3n) is 2.61. The van der Waals surface area contributed by atoms with E-state index in [1.165, 1.54) is 0 Å². The van der Waals surface area contributed by atoms with Crippen LogP contribution in [-0.2, 0) is 4.79 Å². The quantitative estimate of drug-likeness (QED) is 0.653. The van der Waals surface area contributed by atoms with Crippen molar-refractivity contribution in [3.8, 4) is 0 Å². The molecule has 1 aliphatic carbocycles. The molecule has 0 saturated heterocycles. The van der Waals surface area contributed by atoms with Gasteiger partial charge in [-0.2, -0.15) is 0 Å². The van der Waals surface area contributed by atoms with Crippen molar-refractivity contribution in [3.63, 3.8) is 0 Å². The van der Waals surface area contributed by atoms with Crippen LogP contribution in [-0.4, -0.2) is 10.9 Å².